The standard InChI is InChI=1S/C26H30N4O3S.C14H11ClN2O.C12H20N2O2S.C10H8O.C4H2Cl2N2/c1-19-14-22-17-23(8-9-24(22)28-19)33-26-10-11-27-25(29-26)16-20-6-4-7-21(15-20)18-34(31,32)13-5-12-30(2)3;1-9-6-10-2-3-12(8-11(10)7-9)18-13-4-5-16-14(15)17-13;1-14(2)7-4-8-17(15,16)10-11-5-3-6-12(13)9-11;1-7-4-8-2-3-10(11)6-9(8)5-7;5-3-1-2-7-4(6)8-3/h4,6-11,14-15,17,28H,5,12-13,16,18H2,1-3H3;2-5,7-8H,6H2,1H3;3,5-6,9H,4,7-8,10,13H2,1-2H3;2-3,5-6H,1,4H2;1-2H/p+1. The third-order valence-corrected chi connectivity index (χ3v) is 17.1. The smallest absolute Gasteiger partial charge is 0.225 e. The molecule has 4 heterocycles. The Labute approximate surface area is 531 Å². The number of nitrogens with zero attached hydrogens (tertiary/aromatic N) is 8. The number of hydrogen-bond acceptors (Lipinski definition) is 16. The van der Waals surface area contributed by atoms with Crippen LogP contribution in [0.3, 0.4) is 0 Å². The Morgan fingerprint density at radius 3 is 1.92 bits per heavy atom. The molecular formula is C66H72Cl3N10O7S2+. The van der Waals surface area contributed by atoms with E-state index in [2.05, 4.69) is 66.6 Å². The number of aromatic nitrogens is 7. The van der Waals surface area contributed by atoms with Gasteiger partial charge in [0.25, 0.3) is 0 Å². The Morgan fingerprint density at radius 1 is 0.682 bits per heavy atom. The van der Waals surface area contributed by atoms with E-state index in [1.54, 1.807) is 67.0 Å². The third kappa shape index (κ3) is 23.3. The molecule has 0 aliphatic heterocycles. The zero-order valence-electron chi connectivity index (χ0n) is 50.0. The predicted molar refractivity (Wildman–Crippen MR) is 354 cm³/mol. The van der Waals surface area contributed by atoms with Gasteiger partial charge in [-0.3, -0.25) is 0 Å². The Balaban J connectivity index is 0.000000172. The van der Waals surface area contributed by atoms with Crippen LogP contribution in [-0.2, 0) is 44.0 Å². The number of nitrogen functional groups attached to an aromatic ring is 1. The van der Waals surface area contributed by atoms with Gasteiger partial charge in [0.2, 0.25) is 28.1 Å². The average Bonchev–Trinajstić information content (AvgIpc) is 3.63. The number of aryl methyl sites for hydroxylation is 1. The fourth-order valence-corrected chi connectivity index (χ4v) is 12.5. The van der Waals surface area contributed by atoms with Crippen LogP contribution in [0, 0.1) is 12.8 Å². The zero-order chi connectivity index (χ0) is 63.4. The maximum atomic E-state index is 12.5. The van der Waals surface area contributed by atoms with Gasteiger partial charge >= 0.3 is 0 Å². The van der Waals surface area contributed by atoms with Crippen molar-refractivity contribution in [2.45, 2.75) is 57.5 Å². The van der Waals surface area contributed by atoms with Crippen LogP contribution in [0.2, 0.25) is 15.7 Å². The van der Waals surface area contributed by atoms with Gasteiger partial charge in [-0.1, -0.05) is 72.3 Å². The summed E-state index contributed by atoms with van der Waals surface area (Å²) in [5, 5.41) is 10.9. The van der Waals surface area contributed by atoms with Crippen LogP contribution in [0.5, 0.6) is 23.3 Å². The summed E-state index contributed by atoms with van der Waals surface area (Å²) in [6.07, 6.45) is 18.1. The summed E-state index contributed by atoms with van der Waals surface area (Å²) in [5.74, 6) is 5.11. The predicted octanol–water partition coefficient (Wildman–Crippen LogP) is 13.8. The van der Waals surface area contributed by atoms with Crippen molar-refractivity contribution in [3.63, 3.8) is 0 Å². The van der Waals surface area contributed by atoms with Gasteiger partial charge in [0.1, 0.15) is 28.0 Å². The number of ether oxygens (including phenoxy) is 2. The number of aliphatic hydroxyl groups is 1. The van der Waals surface area contributed by atoms with E-state index in [-0.39, 0.29) is 33.6 Å². The highest BCUT2D eigenvalue weighted by molar-refractivity contribution is 7.90. The number of benzene rings is 4. The van der Waals surface area contributed by atoms with Gasteiger partial charge < -0.3 is 35.1 Å². The second kappa shape index (κ2) is 32.4. The van der Waals surface area contributed by atoms with Crippen molar-refractivity contribution in [1.29, 1.82) is 0 Å². The van der Waals surface area contributed by atoms with E-state index < -0.39 is 19.7 Å². The number of aliphatic hydroxyl groups excluding tert-OH is 1. The maximum absolute atomic E-state index is 12.5. The molecule has 11 rings (SSSR count). The van der Waals surface area contributed by atoms with Crippen LogP contribution in [0.4, 0.5) is 5.69 Å². The lowest BCUT2D eigenvalue weighted by molar-refractivity contribution is 0.408. The molecule has 0 saturated carbocycles. The van der Waals surface area contributed by atoms with E-state index >= 15 is 0 Å². The number of hydrogen-bond donors (Lipinski definition) is 3. The number of aromatic amines is 1. The maximum Gasteiger partial charge on any atom is 0.225 e. The molecular weight excluding hydrogens is 1220 g/mol. The molecule has 0 saturated heterocycles. The van der Waals surface area contributed by atoms with E-state index in [1.165, 1.54) is 28.8 Å². The monoisotopic (exact) mass is 1290 g/mol. The first-order chi connectivity index (χ1) is 41.9. The second-order valence-corrected chi connectivity index (χ2v) is 27.1. The van der Waals surface area contributed by atoms with Crippen molar-refractivity contribution in [2.24, 2.45) is 0 Å². The van der Waals surface area contributed by atoms with Crippen LogP contribution >= 0.6 is 34.8 Å². The van der Waals surface area contributed by atoms with Gasteiger partial charge in [-0.15, -0.1) is 0 Å². The summed E-state index contributed by atoms with van der Waals surface area (Å²) in [4.78, 5) is 31.2. The van der Waals surface area contributed by atoms with Crippen LogP contribution < -0.4 is 15.2 Å². The molecule has 4 aromatic carbocycles. The first-order valence-corrected chi connectivity index (χ1v) is 32.8. The minimum Gasteiger partial charge on any atom is -0.492 e. The Kier molecular flexibility index (Phi) is 24.9. The Hall–Kier alpha value is -7.88. The number of nitrogens with one attached hydrogen (secondary N) is 1. The van der Waals surface area contributed by atoms with E-state index in [0.29, 0.717) is 59.2 Å². The first kappa shape index (κ1) is 67.6. The number of sulfone groups is 2. The molecule has 8 aromatic rings. The molecule has 3 aliphatic rings. The largest absolute Gasteiger partial charge is 0.492 e. The van der Waals surface area contributed by atoms with Gasteiger partial charge in [-0.2, -0.15) is 9.97 Å². The molecule has 0 bridgehead atoms. The van der Waals surface area contributed by atoms with Gasteiger partial charge in [0.05, 0.1) is 41.1 Å². The minimum atomic E-state index is -3.16. The highest BCUT2D eigenvalue weighted by Gasteiger charge is 2.28. The molecule has 0 amide bonds. The average molecular weight is 1290 g/mol. The van der Waals surface area contributed by atoms with Gasteiger partial charge in [-0.05, 0) is 180 Å². The summed E-state index contributed by atoms with van der Waals surface area (Å²) in [5.41, 5.74) is 17.0. The van der Waals surface area contributed by atoms with Gasteiger partial charge in [0.15, 0.2) is 19.7 Å². The number of nitrogens with two attached hydrogens (primary N) is 1. The number of fused-ring (bicyclic) bond motifs is 3. The topological polar surface area (TPSA) is 233 Å². The van der Waals surface area contributed by atoms with Gasteiger partial charge in [0, 0.05) is 83.6 Å². The molecule has 0 fully saturated rings. The van der Waals surface area contributed by atoms with Crippen molar-refractivity contribution in [3.8, 4) is 23.3 Å². The van der Waals surface area contributed by atoms with Crippen molar-refractivity contribution in [2.75, 3.05) is 58.5 Å². The third-order valence-electron chi connectivity index (χ3n) is 13.1. The summed E-state index contributed by atoms with van der Waals surface area (Å²) in [6.45, 7) is 9.56. The van der Waals surface area contributed by atoms with Gasteiger partial charge in [-0.25, -0.2) is 36.8 Å². The molecule has 0 atom stereocenters. The van der Waals surface area contributed by atoms with E-state index in [0.717, 1.165) is 76.1 Å². The Bertz CT molecular complexity index is 4040. The van der Waals surface area contributed by atoms with Crippen LogP contribution in [-0.4, -0.2) is 119 Å². The minimum absolute atomic E-state index is 0.0411. The van der Waals surface area contributed by atoms with Crippen molar-refractivity contribution >= 4 is 77.1 Å². The lowest BCUT2D eigenvalue weighted by atomic mass is 9.96. The number of rotatable bonds is 18. The summed E-state index contributed by atoms with van der Waals surface area (Å²) >= 11 is 16.5. The Morgan fingerprint density at radius 2 is 1.28 bits per heavy atom. The lowest BCUT2D eigenvalue weighted by Gasteiger charge is -2.10. The summed E-state index contributed by atoms with van der Waals surface area (Å²) < 4.78 is 60.3. The van der Waals surface area contributed by atoms with Crippen molar-refractivity contribution in [1.82, 2.24) is 44.7 Å². The first-order valence-electron chi connectivity index (χ1n) is 28.1. The highest BCUT2D eigenvalue weighted by Crippen LogP contribution is 2.36. The summed E-state index contributed by atoms with van der Waals surface area (Å²) in [7, 11) is 1.57. The molecule has 22 heteroatoms. The summed E-state index contributed by atoms with van der Waals surface area (Å²) in [6, 6.07) is 33.6. The van der Waals surface area contributed by atoms with Crippen LogP contribution in [0.1, 0.15) is 65.5 Å². The second-order valence-electron chi connectivity index (χ2n) is 21.7. The molecule has 17 nitrogen and oxygen atoms in total. The molecule has 460 valence electrons. The van der Waals surface area contributed by atoms with E-state index in [9.17, 15) is 16.8 Å². The molecule has 0 unspecified atom stereocenters. The fraction of sp³-hybridized carbons (Fsp3) is 0.258. The van der Waals surface area contributed by atoms with Crippen molar-refractivity contribution < 1.29 is 31.4 Å². The number of H-pyrrole nitrogens is 1. The van der Waals surface area contributed by atoms with Crippen LogP contribution in [0.25, 0.3) is 17.0 Å². The van der Waals surface area contributed by atoms with E-state index in [1.807, 2.05) is 112 Å². The fourth-order valence-electron chi connectivity index (χ4n) is 9.26. The number of anilines is 1. The molecule has 4 aromatic heterocycles. The molecule has 0 radical (unpaired) electrons. The molecule has 0 spiro atoms. The van der Waals surface area contributed by atoms with E-state index in [4.69, 9.17) is 55.1 Å². The molecule has 88 heavy (non-hydrogen) atoms. The SMILES string of the molecule is C=C1C=C2C=C(O)C=C[C+]2C1.CC1=Cc2cc(Oc3ccnc(Cl)n3)ccc2C1.CN(C)CCCS(=O)(=O)Cc1cccc(N)c1.Cc1cc2cc(Oc3ccnc(Cc4cccc(CS(=O)(=O)CCCN(C)C)c4)n3)ccc2[nH]1.Clc1ccnc(Cl)n1. The zero-order valence-corrected chi connectivity index (χ0v) is 53.9. The lowest BCUT2D eigenvalue weighted by Crippen LogP contribution is -2.18. The number of allylic oxidation sites excluding steroid dienone is 7. The molecule has 3 aliphatic carbocycles. The normalized spacial score (nSPS) is 13.1. The number of halogens is 3. The van der Waals surface area contributed by atoms with Crippen molar-refractivity contribution in [3.05, 3.63) is 242 Å². The highest BCUT2D eigenvalue weighted by atomic mass is 35.5. The van der Waals surface area contributed by atoms with Crippen LogP contribution in [0.15, 0.2) is 181 Å². The quantitative estimate of drug-likeness (QED) is 0.0314. The molecule has 4 N–H and O–H groups in total.